The van der Waals surface area contributed by atoms with E-state index in [4.69, 9.17) is 15.2 Å². The predicted octanol–water partition coefficient (Wildman–Crippen LogP) is 1.45. The largest absolute Gasteiger partial charge is 0.497 e. The van der Waals surface area contributed by atoms with Gasteiger partial charge in [0.2, 0.25) is 5.91 Å². The molecule has 0 fully saturated rings. The van der Waals surface area contributed by atoms with Crippen molar-refractivity contribution in [2.75, 3.05) is 14.2 Å². The van der Waals surface area contributed by atoms with E-state index in [0.717, 1.165) is 17.1 Å². The van der Waals surface area contributed by atoms with Gasteiger partial charge in [-0.15, -0.1) is 0 Å². The van der Waals surface area contributed by atoms with Crippen molar-refractivity contribution >= 4 is 5.91 Å². The topological polar surface area (TPSA) is 73.6 Å². The Balaban J connectivity index is 2.74. The second kappa shape index (κ2) is 6.43. The van der Waals surface area contributed by atoms with Gasteiger partial charge in [-0.25, -0.2) is 0 Å². The van der Waals surface area contributed by atoms with Crippen LogP contribution in [-0.2, 0) is 11.3 Å². The molecule has 0 bridgehead atoms. The number of ether oxygens (including phenoxy) is 2. The smallest absolute Gasteiger partial charge is 0.219 e. The summed E-state index contributed by atoms with van der Waals surface area (Å²) >= 11 is 0. The Morgan fingerprint density at radius 3 is 2.53 bits per heavy atom. The van der Waals surface area contributed by atoms with Crippen LogP contribution in [0.2, 0.25) is 0 Å². The summed E-state index contributed by atoms with van der Waals surface area (Å²) in [5.74, 6) is 1.18. The Morgan fingerprint density at radius 1 is 1.32 bits per heavy atom. The maximum absolute atomic E-state index is 11.0. The number of carbonyl (C=O) groups excluding carboxylic acids is 1. The lowest BCUT2D eigenvalue weighted by molar-refractivity contribution is -0.119. The molecular formula is C14H22N2O3. The first-order valence-corrected chi connectivity index (χ1v) is 6.12. The molecule has 0 aliphatic heterocycles. The van der Waals surface area contributed by atoms with Gasteiger partial charge in [0.25, 0.3) is 0 Å². The number of rotatable bonds is 7. The number of primary amides is 1. The van der Waals surface area contributed by atoms with Gasteiger partial charge >= 0.3 is 0 Å². The number of methoxy groups -OCH3 is 2. The monoisotopic (exact) mass is 266 g/mol. The molecular weight excluding hydrogens is 244 g/mol. The average molecular weight is 266 g/mol. The van der Waals surface area contributed by atoms with Gasteiger partial charge in [0.1, 0.15) is 11.5 Å². The van der Waals surface area contributed by atoms with Gasteiger partial charge in [-0.3, -0.25) is 4.79 Å². The van der Waals surface area contributed by atoms with Gasteiger partial charge in [0.05, 0.1) is 14.2 Å². The van der Waals surface area contributed by atoms with Crippen LogP contribution in [-0.4, -0.2) is 25.7 Å². The molecule has 0 aliphatic carbocycles. The molecule has 0 radical (unpaired) electrons. The van der Waals surface area contributed by atoms with Crippen LogP contribution < -0.4 is 20.5 Å². The van der Waals surface area contributed by atoms with Gasteiger partial charge < -0.3 is 20.5 Å². The molecule has 0 aliphatic rings. The minimum absolute atomic E-state index is 0.283. The number of benzene rings is 1. The lowest BCUT2D eigenvalue weighted by Gasteiger charge is -2.25. The molecule has 0 aromatic heterocycles. The summed E-state index contributed by atoms with van der Waals surface area (Å²) < 4.78 is 10.5. The van der Waals surface area contributed by atoms with Crippen molar-refractivity contribution in [3.05, 3.63) is 23.8 Å². The van der Waals surface area contributed by atoms with Crippen molar-refractivity contribution in [2.45, 2.75) is 32.4 Å². The van der Waals surface area contributed by atoms with Gasteiger partial charge in [-0.1, -0.05) is 6.07 Å². The summed E-state index contributed by atoms with van der Waals surface area (Å²) in [6, 6.07) is 5.64. The zero-order valence-corrected chi connectivity index (χ0v) is 11.9. The van der Waals surface area contributed by atoms with Crippen molar-refractivity contribution < 1.29 is 14.3 Å². The van der Waals surface area contributed by atoms with Crippen LogP contribution in [0.4, 0.5) is 0 Å². The number of amides is 1. The highest BCUT2D eigenvalue weighted by Crippen LogP contribution is 2.25. The molecule has 106 valence electrons. The third kappa shape index (κ3) is 4.79. The zero-order chi connectivity index (χ0) is 14.5. The summed E-state index contributed by atoms with van der Waals surface area (Å²) in [6.07, 6.45) is 0.283. The van der Waals surface area contributed by atoms with Crippen LogP contribution >= 0.6 is 0 Å². The van der Waals surface area contributed by atoms with E-state index in [1.165, 1.54) is 0 Å². The van der Waals surface area contributed by atoms with E-state index in [-0.39, 0.29) is 17.9 Å². The molecule has 5 heteroatoms. The lowest BCUT2D eigenvalue weighted by atomic mass is 9.99. The maximum atomic E-state index is 11.0. The van der Waals surface area contributed by atoms with Crippen LogP contribution in [0.15, 0.2) is 18.2 Å². The molecule has 0 unspecified atom stereocenters. The molecule has 1 aromatic rings. The Bertz CT molecular complexity index is 444. The highest BCUT2D eigenvalue weighted by atomic mass is 16.5. The van der Waals surface area contributed by atoms with Crippen molar-refractivity contribution in [1.29, 1.82) is 0 Å². The summed E-state index contributed by atoms with van der Waals surface area (Å²) in [4.78, 5) is 11.0. The summed E-state index contributed by atoms with van der Waals surface area (Å²) in [6.45, 7) is 4.47. The third-order valence-electron chi connectivity index (χ3n) is 2.87. The van der Waals surface area contributed by atoms with E-state index in [0.29, 0.717) is 6.54 Å². The van der Waals surface area contributed by atoms with Crippen molar-refractivity contribution in [2.24, 2.45) is 5.73 Å². The minimum atomic E-state index is -0.350. The Labute approximate surface area is 114 Å². The normalized spacial score (nSPS) is 11.2. The van der Waals surface area contributed by atoms with E-state index in [1.54, 1.807) is 14.2 Å². The van der Waals surface area contributed by atoms with E-state index in [1.807, 2.05) is 32.0 Å². The van der Waals surface area contributed by atoms with E-state index in [2.05, 4.69) is 5.32 Å². The molecule has 0 heterocycles. The van der Waals surface area contributed by atoms with Crippen LogP contribution in [0.5, 0.6) is 11.5 Å². The second-order valence-electron chi connectivity index (χ2n) is 5.06. The summed E-state index contributed by atoms with van der Waals surface area (Å²) in [5, 5.41) is 3.30. The molecule has 0 saturated carbocycles. The van der Waals surface area contributed by atoms with E-state index >= 15 is 0 Å². The highest BCUT2D eigenvalue weighted by molar-refractivity contribution is 5.75. The van der Waals surface area contributed by atoms with Gasteiger partial charge in [0, 0.05) is 30.1 Å². The SMILES string of the molecule is COc1ccc(CNC(C)(C)CC(N)=O)c(OC)c1. The molecule has 1 amide bonds. The van der Waals surface area contributed by atoms with Crippen molar-refractivity contribution in [3.8, 4) is 11.5 Å². The van der Waals surface area contributed by atoms with Crippen molar-refractivity contribution in [1.82, 2.24) is 5.32 Å². The number of nitrogens with two attached hydrogens (primary N) is 1. The first-order valence-electron chi connectivity index (χ1n) is 6.12. The van der Waals surface area contributed by atoms with Crippen LogP contribution in [0.25, 0.3) is 0 Å². The average Bonchev–Trinajstić information content (AvgIpc) is 2.34. The van der Waals surface area contributed by atoms with Crippen LogP contribution in [0.3, 0.4) is 0 Å². The molecule has 3 N–H and O–H groups in total. The van der Waals surface area contributed by atoms with E-state index < -0.39 is 0 Å². The maximum Gasteiger partial charge on any atom is 0.219 e. The first-order chi connectivity index (χ1) is 8.88. The molecule has 0 atom stereocenters. The highest BCUT2D eigenvalue weighted by Gasteiger charge is 2.20. The molecule has 1 rings (SSSR count). The molecule has 5 nitrogen and oxygen atoms in total. The lowest BCUT2D eigenvalue weighted by Crippen LogP contribution is -2.42. The fourth-order valence-electron chi connectivity index (χ4n) is 1.83. The van der Waals surface area contributed by atoms with Crippen LogP contribution in [0.1, 0.15) is 25.8 Å². The van der Waals surface area contributed by atoms with E-state index in [9.17, 15) is 4.79 Å². The predicted molar refractivity (Wildman–Crippen MR) is 74.3 cm³/mol. The number of carbonyl (C=O) groups is 1. The van der Waals surface area contributed by atoms with Gasteiger partial charge in [-0.2, -0.15) is 0 Å². The number of nitrogens with one attached hydrogen (secondary N) is 1. The fraction of sp³-hybridized carbons (Fsp3) is 0.500. The third-order valence-corrected chi connectivity index (χ3v) is 2.87. The quantitative estimate of drug-likeness (QED) is 0.783. The molecule has 1 aromatic carbocycles. The molecule has 19 heavy (non-hydrogen) atoms. The minimum Gasteiger partial charge on any atom is -0.497 e. The zero-order valence-electron chi connectivity index (χ0n) is 11.9. The standard InChI is InChI=1S/C14H22N2O3/c1-14(2,8-13(15)17)16-9-10-5-6-11(18-3)7-12(10)19-4/h5-7,16H,8-9H2,1-4H3,(H2,15,17). The summed E-state index contributed by atoms with van der Waals surface area (Å²) in [5.41, 5.74) is 5.87. The second-order valence-corrected chi connectivity index (χ2v) is 5.06. The van der Waals surface area contributed by atoms with Gasteiger partial charge in [0.15, 0.2) is 0 Å². The Hall–Kier alpha value is -1.75. The van der Waals surface area contributed by atoms with Crippen molar-refractivity contribution in [3.63, 3.8) is 0 Å². The first kappa shape index (κ1) is 15.3. The van der Waals surface area contributed by atoms with Gasteiger partial charge in [-0.05, 0) is 19.9 Å². The number of hydrogen-bond acceptors (Lipinski definition) is 4. The number of hydrogen-bond donors (Lipinski definition) is 2. The molecule has 0 saturated heterocycles. The van der Waals surface area contributed by atoms with Crippen LogP contribution in [0, 0.1) is 0 Å². The Morgan fingerprint density at radius 2 is 2.00 bits per heavy atom. The fourth-order valence-corrected chi connectivity index (χ4v) is 1.83. The summed E-state index contributed by atoms with van der Waals surface area (Å²) in [7, 11) is 3.23. The Kier molecular flexibility index (Phi) is 5.18. The molecule has 0 spiro atoms.